The number of halogens is 4. The monoisotopic (exact) mass is 372 g/mol. The van der Waals surface area contributed by atoms with Crippen molar-refractivity contribution in [3.05, 3.63) is 53.6 Å². The molecule has 2 rings (SSSR count). The summed E-state index contributed by atoms with van der Waals surface area (Å²) in [5.41, 5.74) is -1.21. The summed E-state index contributed by atoms with van der Waals surface area (Å²) in [4.78, 5) is 0. The largest absolute Gasteiger partial charge is 0.494 e. The van der Waals surface area contributed by atoms with Gasteiger partial charge in [0.2, 0.25) is 5.82 Å². The van der Waals surface area contributed by atoms with Gasteiger partial charge in [-0.05, 0) is 42.8 Å². The Bertz CT molecular complexity index is 717. The Labute approximate surface area is 149 Å². The molecule has 0 amide bonds. The van der Waals surface area contributed by atoms with E-state index in [1.54, 1.807) is 0 Å². The van der Waals surface area contributed by atoms with Crippen molar-refractivity contribution in [1.82, 2.24) is 0 Å². The quantitative estimate of drug-likeness (QED) is 0.419. The van der Waals surface area contributed by atoms with E-state index in [2.05, 4.69) is 16.4 Å². The summed E-state index contributed by atoms with van der Waals surface area (Å²) in [6.07, 6.45) is -1.05. The number of benzene rings is 2. The van der Waals surface area contributed by atoms with E-state index in [0.29, 0.717) is 12.4 Å². The Hall–Kier alpha value is -2.44. The van der Waals surface area contributed by atoms with Crippen molar-refractivity contribution in [2.24, 2.45) is 0 Å². The summed E-state index contributed by atoms with van der Waals surface area (Å²) < 4.78 is 70.5. The molecule has 26 heavy (non-hydrogen) atoms. The first-order valence-corrected chi connectivity index (χ1v) is 8.21. The Balaban J connectivity index is 2.08. The molecule has 2 aromatic carbocycles. The van der Waals surface area contributed by atoms with Crippen LogP contribution >= 0.6 is 0 Å². The molecule has 3 nitrogen and oxygen atoms in total. The molecule has 7 heteroatoms. The topological polar surface area (TPSA) is 27.7 Å². The Morgan fingerprint density at radius 1 is 0.885 bits per heavy atom. The fourth-order valence-corrected chi connectivity index (χ4v) is 2.26. The third kappa shape index (κ3) is 4.80. The van der Waals surface area contributed by atoms with Crippen molar-refractivity contribution in [3.8, 4) is 17.2 Å². The smallest absolute Gasteiger partial charge is 0.429 e. The number of alkyl halides is 2. The van der Waals surface area contributed by atoms with E-state index >= 15 is 0 Å². The van der Waals surface area contributed by atoms with Gasteiger partial charge in [0.25, 0.3) is 0 Å². The molecule has 0 fully saturated rings. The lowest BCUT2D eigenvalue weighted by atomic mass is 10.1. The highest BCUT2D eigenvalue weighted by Gasteiger charge is 2.39. The van der Waals surface area contributed by atoms with Gasteiger partial charge in [0.05, 0.1) is 13.7 Å². The summed E-state index contributed by atoms with van der Waals surface area (Å²) in [7, 11) is 1.11. The van der Waals surface area contributed by atoms with Crippen LogP contribution in [-0.4, -0.2) is 13.7 Å². The molecular weight excluding hydrogens is 352 g/mol. The van der Waals surface area contributed by atoms with Gasteiger partial charge in [-0.2, -0.15) is 13.2 Å². The van der Waals surface area contributed by atoms with Crippen molar-refractivity contribution >= 4 is 0 Å². The molecule has 0 heterocycles. The van der Waals surface area contributed by atoms with E-state index < -0.39 is 29.1 Å². The minimum atomic E-state index is -4.05. The minimum Gasteiger partial charge on any atom is -0.494 e. The second-order valence-electron chi connectivity index (χ2n) is 5.59. The van der Waals surface area contributed by atoms with Crippen LogP contribution in [0.2, 0.25) is 0 Å². The van der Waals surface area contributed by atoms with Crippen LogP contribution in [0, 0.1) is 11.6 Å². The zero-order valence-corrected chi connectivity index (χ0v) is 14.5. The summed E-state index contributed by atoms with van der Waals surface area (Å²) in [5.74, 6) is -3.37. The number of hydrogen-bond acceptors (Lipinski definition) is 3. The van der Waals surface area contributed by atoms with E-state index in [4.69, 9.17) is 4.74 Å². The van der Waals surface area contributed by atoms with Crippen LogP contribution in [-0.2, 0) is 6.11 Å². The predicted molar refractivity (Wildman–Crippen MR) is 88.9 cm³/mol. The molecule has 0 N–H and O–H groups in total. The predicted octanol–water partition coefficient (Wildman–Crippen LogP) is 5.67. The number of methoxy groups -OCH3 is 1. The fourth-order valence-electron chi connectivity index (χ4n) is 2.26. The van der Waals surface area contributed by atoms with Crippen LogP contribution in [0.5, 0.6) is 17.2 Å². The standard InChI is InChI=1S/C19H20F4O3/c1-3-4-5-12-25-13-6-8-14(9-7-13)26-19(22,23)15-10-11-16(24-2)18(21)17(15)20/h6-11H,3-5,12H2,1-2H3. The molecule has 0 aliphatic rings. The van der Waals surface area contributed by atoms with E-state index in [-0.39, 0.29) is 5.75 Å². The van der Waals surface area contributed by atoms with Crippen LogP contribution in [0.25, 0.3) is 0 Å². The van der Waals surface area contributed by atoms with Crippen LogP contribution < -0.4 is 14.2 Å². The molecule has 0 spiro atoms. The summed E-state index contributed by atoms with van der Waals surface area (Å²) >= 11 is 0. The maximum Gasteiger partial charge on any atom is 0.429 e. The molecule has 0 unspecified atom stereocenters. The summed E-state index contributed by atoms with van der Waals surface area (Å²) in [6.45, 7) is 2.60. The molecular formula is C19H20F4O3. The molecule has 0 aliphatic heterocycles. The lowest BCUT2D eigenvalue weighted by Crippen LogP contribution is -2.24. The molecule has 0 bridgehead atoms. The van der Waals surface area contributed by atoms with Crippen molar-refractivity contribution in [2.45, 2.75) is 32.3 Å². The number of rotatable bonds is 9. The van der Waals surface area contributed by atoms with Crippen molar-refractivity contribution in [2.75, 3.05) is 13.7 Å². The zero-order chi connectivity index (χ0) is 19.2. The molecule has 142 valence electrons. The Morgan fingerprint density at radius 2 is 1.54 bits per heavy atom. The van der Waals surface area contributed by atoms with Gasteiger partial charge in [0, 0.05) is 0 Å². The number of hydrogen-bond donors (Lipinski definition) is 0. The molecule has 2 aromatic rings. The van der Waals surface area contributed by atoms with Crippen molar-refractivity contribution < 1.29 is 31.8 Å². The van der Waals surface area contributed by atoms with Gasteiger partial charge in [-0.1, -0.05) is 19.8 Å². The van der Waals surface area contributed by atoms with Gasteiger partial charge in [-0.25, -0.2) is 4.39 Å². The highest BCUT2D eigenvalue weighted by Crippen LogP contribution is 2.36. The van der Waals surface area contributed by atoms with Crippen molar-refractivity contribution in [3.63, 3.8) is 0 Å². The average Bonchev–Trinajstić information content (AvgIpc) is 2.62. The third-order valence-electron chi connectivity index (χ3n) is 3.67. The van der Waals surface area contributed by atoms with Crippen LogP contribution in [0.15, 0.2) is 36.4 Å². The van der Waals surface area contributed by atoms with Crippen LogP contribution in [0.1, 0.15) is 31.7 Å². The van der Waals surface area contributed by atoms with Gasteiger partial charge >= 0.3 is 6.11 Å². The van der Waals surface area contributed by atoms with Gasteiger partial charge in [-0.3, -0.25) is 0 Å². The summed E-state index contributed by atoms with van der Waals surface area (Å²) in [6, 6.07) is 7.15. The molecule has 0 atom stereocenters. The number of ether oxygens (including phenoxy) is 3. The highest BCUT2D eigenvalue weighted by molar-refractivity contribution is 5.35. The first-order chi connectivity index (χ1) is 12.4. The van der Waals surface area contributed by atoms with Crippen molar-refractivity contribution in [1.29, 1.82) is 0 Å². The lowest BCUT2D eigenvalue weighted by molar-refractivity contribution is -0.187. The van der Waals surface area contributed by atoms with Crippen LogP contribution in [0.3, 0.4) is 0 Å². The summed E-state index contributed by atoms with van der Waals surface area (Å²) in [5, 5.41) is 0. The average molecular weight is 372 g/mol. The first-order valence-electron chi connectivity index (χ1n) is 8.21. The van der Waals surface area contributed by atoms with Gasteiger partial charge in [-0.15, -0.1) is 0 Å². The Kier molecular flexibility index (Phi) is 6.71. The fraction of sp³-hybridized carbons (Fsp3) is 0.368. The Morgan fingerprint density at radius 3 is 2.15 bits per heavy atom. The molecule has 0 aliphatic carbocycles. The number of unbranched alkanes of at least 4 members (excludes halogenated alkanes) is 2. The maximum atomic E-state index is 14.2. The second kappa shape index (κ2) is 8.78. The highest BCUT2D eigenvalue weighted by atomic mass is 19.3. The SMILES string of the molecule is CCCCCOc1ccc(OC(F)(F)c2ccc(OC)c(F)c2F)cc1. The zero-order valence-electron chi connectivity index (χ0n) is 14.5. The maximum absolute atomic E-state index is 14.2. The lowest BCUT2D eigenvalue weighted by Gasteiger charge is -2.19. The van der Waals surface area contributed by atoms with E-state index in [9.17, 15) is 17.6 Å². The first kappa shape index (κ1) is 19.9. The van der Waals surface area contributed by atoms with Gasteiger partial charge in [0.1, 0.15) is 17.1 Å². The minimum absolute atomic E-state index is 0.202. The van der Waals surface area contributed by atoms with Gasteiger partial charge < -0.3 is 14.2 Å². The molecule has 0 aromatic heterocycles. The third-order valence-corrected chi connectivity index (χ3v) is 3.67. The normalized spacial score (nSPS) is 11.3. The van der Waals surface area contributed by atoms with Crippen LogP contribution in [0.4, 0.5) is 17.6 Å². The van der Waals surface area contributed by atoms with E-state index in [1.165, 1.54) is 24.3 Å². The molecule has 0 radical (unpaired) electrons. The second-order valence-corrected chi connectivity index (χ2v) is 5.59. The van der Waals surface area contributed by atoms with E-state index in [0.717, 1.165) is 38.5 Å². The molecule has 0 saturated heterocycles. The van der Waals surface area contributed by atoms with E-state index in [1.807, 2.05) is 0 Å². The molecule has 0 saturated carbocycles. The van der Waals surface area contributed by atoms with Gasteiger partial charge in [0.15, 0.2) is 11.6 Å².